The molecule has 0 spiro atoms. The van der Waals surface area contributed by atoms with E-state index < -0.39 is 12.2 Å². The first-order valence-corrected chi connectivity index (χ1v) is 4.58. The molecule has 0 rings (SSSR count). The number of rotatable bonds is 3. The van der Waals surface area contributed by atoms with Crippen molar-refractivity contribution in [2.24, 2.45) is 5.73 Å². The van der Waals surface area contributed by atoms with Crippen LogP contribution in [-0.4, -0.2) is 25.3 Å². The Morgan fingerprint density at radius 2 is 1.50 bits per heavy atom. The van der Waals surface area contributed by atoms with E-state index in [1.807, 2.05) is 0 Å². The Morgan fingerprint density at radius 3 is 1.56 bits per heavy atom. The normalized spacial score (nSPS) is 10.3. The fourth-order valence-electron chi connectivity index (χ4n) is 0.444. The van der Waals surface area contributed by atoms with Gasteiger partial charge in [-0.15, -0.1) is 0 Å². The van der Waals surface area contributed by atoms with Crippen molar-refractivity contribution in [1.82, 2.24) is 0 Å². The summed E-state index contributed by atoms with van der Waals surface area (Å²) in [6, 6.07) is 0. The van der Waals surface area contributed by atoms with Gasteiger partial charge in [-0.3, -0.25) is 5.73 Å². The van der Waals surface area contributed by atoms with Crippen molar-refractivity contribution in [3.05, 3.63) is 24.3 Å². The maximum atomic E-state index is 10.6. The summed E-state index contributed by atoms with van der Waals surface area (Å²) in [6.07, 6.45) is -0.547. The number of hydrogen-bond acceptors (Lipinski definition) is 5. The van der Waals surface area contributed by atoms with E-state index >= 15 is 0 Å². The van der Waals surface area contributed by atoms with Crippen LogP contribution in [0.4, 0.5) is 0 Å². The molecule has 0 aromatic carbocycles. The summed E-state index contributed by atoms with van der Waals surface area (Å²) in [5, 5.41) is 0. The van der Waals surface area contributed by atoms with E-state index in [1.165, 1.54) is 7.11 Å². The van der Waals surface area contributed by atoms with Crippen LogP contribution in [0.5, 0.6) is 0 Å². The second-order valence-corrected chi connectivity index (χ2v) is 3.16. The largest absolute Gasteiger partial charge is 0.466 e. The van der Waals surface area contributed by atoms with Crippen LogP contribution < -0.4 is 5.73 Å². The van der Waals surface area contributed by atoms with Crippen LogP contribution in [0.3, 0.4) is 0 Å². The summed E-state index contributed by atoms with van der Waals surface area (Å²) in [4.78, 5) is 20.7. The van der Waals surface area contributed by atoms with E-state index in [0.29, 0.717) is 11.1 Å². The van der Waals surface area contributed by atoms with Gasteiger partial charge in [0.15, 0.2) is 0 Å². The molecule has 0 aromatic heterocycles. The van der Waals surface area contributed by atoms with Crippen LogP contribution in [0.1, 0.15) is 20.8 Å². The number of ether oxygens (including phenoxy) is 2. The minimum atomic E-state index is -0.547. The third-order valence-electron chi connectivity index (χ3n) is 1.18. The standard InChI is InChI=1S/C6H11NO2.C5H8O2/c1-4(2)6(8)9-5(3)7;1-4(2)5(6)7-3/h5H,1,7H2,2-3H3;1H2,2-3H3. The van der Waals surface area contributed by atoms with E-state index in [0.717, 1.165) is 0 Å². The zero-order valence-corrected chi connectivity index (χ0v) is 10.2. The molecule has 1 unspecified atom stereocenters. The van der Waals surface area contributed by atoms with Crippen LogP contribution in [0, 0.1) is 0 Å². The third-order valence-corrected chi connectivity index (χ3v) is 1.18. The van der Waals surface area contributed by atoms with Gasteiger partial charge in [-0.05, 0) is 20.8 Å². The first-order chi connectivity index (χ1) is 7.22. The van der Waals surface area contributed by atoms with Gasteiger partial charge in [0, 0.05) is 11.1 Å². The van der Waals surface area contributed by atoms with Crippen LogP contribution in [-0.2, 0) is 19.1 Å². The van der Waals surface area contributed by atoms with Crippen molar-refractivity contribution in [3.63, 3.8) is 0 Å². The minimum Gasteiger partial charge on any atom is -0.466 e. The fraction of sp³-hybridized carbons (Fsp3) is 0.455. The molecule has 0 aliphatic carbocycles. The van der Waals surface area contributed by atoms with Crippen molar-refractivity contribution in [1.29, 1.82) is 0 Å². The molecule has 0 heterocycles. The Labute approximate surface area is 95.9 Å². The van der Waals surface area contributed by atoms with E-state index in [1.54, 1.807) is 20.8 Å². The molecular weight excluding hydrogens is 210 g/mol. The van der Waals surface area contributed by atoms with E-state index in [-0.39, 0.29) is 5.97 Å². The molecule has 2 N–H and O–H groups in total. The first kappa shape index (κ1) is 16.8. The van der Waals surface area contributed by atoms with Gasteiger partial charge in [-0.1, -0.05) is 13.2 Å². The molecule has 16 heavy (non-hydrogen) atoms. The SMILES string of the molecule is C=C(C)C(=O)OC.C=C(C)C(=O)OC(C)N. The van der Waals surface area contributed by atoms with Gasteiger partial charge in [-0.2, -0.15) is 0 Å². The highest BCUT2D eigenvalue weighted by Gasteiger charge is 2.03. The van der Waals surface area contributed by atoms with Crippen LogP contribution in [0.25, 0.3) is 0 Å². The van der Waals surface area contributed by atoms with Crippen LogP contribution in [0.2, 0.25) is 0 Å². The highest BCUT2D eigenvalue weighted by atomic mass is 16.6. The monoisotopic (exact) mass is 229 g/mol. The Hall–Kier alpha value is -1.62. The van der Waals surface area contributed by atoms with Crippen molar-refractivity contribution in [2.45, 2.75) is 27.0 Å². The zero-order chi connectivity index (χ0) is 13.3. The van der Waals surface area contributed by atoms with Crippen molar-refractivity contribution in [2.75, 3.05) is 7.11 Å². The zero-order valence-electron chi connectivity index (χ0n) is 10.2. The molecule has 0 saturated heterocycles. The summed E-state index contributed by atoms with van der Waals surface area (Å²) in [6.45, 7) is 11.5. The molecule has 0 radical (unpaired) electrons. The van der Waals surface area contributed by atoms with Crippen molar-refractivity contribution < 1.29 is 19.1 Å². The number of nitrogens with two attached hydrogens (primary N) is 1. The van der Waals surface area contributed by atoms with E-state index in [4.69, 9.17) is 5.73 Å². The van der Waals surface area contributed by atoms with E-state index in [2.05, 4.69) is 22.6 Å². The van der Waals surface area contributed by atoms with Gasteiger partial charge in [0.25, 0.3) is 0 Å². The summed E-state index contributed by atoms with van der Waals surface area (Å²) >= 11 is 0. The summed E-state index contributed by atoms with van der Waals surface area (Å²) < 4.78 is 8.82. The molecule has 5 heteroatoms. The maximum absolute atomic E-state index is 10.6. The van der Waals surface area contributed by atoms with Gasteiger partial charge < -0.3 is 9.47 Å². The molecule has 0 amide bonds. The molecule has 1 atom stereocenters. The van der Waals surface area contributed by atoms with Crippen LogP contribution in [0.15, 0.2) is 24.3 Å². The Balaban J connectivity index is 0. The lowest BCUT2D eigenvalue weighted by atomic mass is 10.4. The molecule has 5 nitrogen and oxygen atoms in total. The minimum absolute atomic E-state index is 0.347. The number of methoxy groups -OCH3 is 1. The molecule has 0 saturated carbocycles. The van der Waals surface area contributed by atoms with Crippen LogP contribution >= 0.6 is 0 Å². The summed E-state index contributed by atoms with van der Waals surface area (Å²) in [5.41, 5.74) is 5.95. The fourth-order valence-corrected chi connectivity index (χ4v) is 0.444. The molecule has 0 aromatic rings. The van der Waals surface area contributed by atoms with Gasteiger partial charge >= 0.3 is 11.9 Å². The lowest BCUT2D eigenvalue weighted by Crippen LogP contribution is -2.23. The average Bonchev–Trinajstić information content (AvgIpc) is 2.16. The quantitative estimate of drug-likeness (QED) is 0.446. The average molecular weight is 229 g/mol. The lowest BCUT2D eigenvalue weighted by molar-refractivity contribution is -0.143. The Morgan fingerprint density at radius 1 is 1.12 bits per heavy atom. The number of carbonyl (C=O) groups excluding carboxylic acids is 2. The second kappa shape index (κ2) is 8.67. The van der Waals surface area contributed by atoms with Gasteiger partial charge in [-0.25, -0.2) is 9.59 Å². The number of hydrogen-bond donors (Lipinski definition) is 1. The summed E-state index contributed by atoms with van der Waals surface area (Å²) in [7, 11) is 1.33. The number of carbonyl (C=O) groups is 2. The summed E-state index contributed by atoms with van der Waals surface area (Å²) in [5.74, 6) is -0.787. The predicted octanol–water partition coefficient (Wildman–Crippen LogP) is 1.15. The smallest absolute Gasteiger partial charge is 0.334 e. The van der Waals surface area contributed by atoms with Gasteiger partial charge in [0.05, 0.1) is 7.11 Å². The Bertz CT molecular complexity index is 282. The topological polar surface area (TPSA) is 78.6 Å². The van der Waals surface area contributed by atoms with Crippen molar-refractivity contribution >= 4 is 11.9 Å². The molecule has 0 aliphatic heterocycles. The second-order valence-electron chi connectivity index (χ2n) is 3.16. The third kappa shape index (κ3) is 10.5. The van der Waals surface area contributed by atoms with E-state index in [9.17, 15) is 9.59 Å². The molecule has 0 aliphatic rings. The predicted molar refractivity (Wildman–Crippen MR) is 61.4 cm³/mol. The number of esters is 2. The molecular formula is C11H19NO4. The molecule has 0 bridgehead atoms. The van der Waals surface area contributed by atoms with Crippen molar-refractivity contribution in [3.8, 4) is 0 Å². The molecule has 0 fully saturated rings. The molecule has 92 valence electrons. The first-order valence-electron chi connectivity index (χ1n) is 4.58. The van der Waals surface area contributed by atoms with Gasteiger partial charge in [0.2, 0.25) is 0 Å². The highest BCUT2D eigenvalue weighted by molar-refractivity contribution is 5.87. The highest BCUT2D eigenvalue weighted by Crippen LogP contribution is 1.92. The maximum Gasteiger partial charge on any atom is 0.334 e. The Kier molecular flexibility index (Phi) is 9.10. The van der Waals surface area contributed by atoms with Gasteiger partial charge in [0.1, 0.15) is 6.23 Å². The lowest BCUT2D eigenvalue weighted by Gasteiger charge is -2.05.